The van der Waals surface area contributed by atoms with Gasteiger partial charge in [0.1, 0.15) is 17.3 Å². The van der Waals surface area contributed by atoms with Gasteiger partial charge in [-0.3, -0.25) is 14.9 Å². The molecular weight excluding hydrogens is 353 g/mol. The number of carbonyl (C=O) groups excluding carboxylic acids is 1. The first kappa shape index (κ1) is 18.6. The monoisotopic (exact) mass is 373 g/mol. The Balaban J connectivity index is 1.74. The highest BCUT2D eigenvalue weighted by Gasteiger charge is 2.25. The summed E-state index contributed by atoms with van der Waals surface area (Å²) in [5.41, 5.74) is 6.16. The third-order valence-electron chi connectivity index (χ3n) is 4.69. The first-order valence-electron chi connectivity index (χ1n) is 8.61. The van der Waals surface area contributed by atoms with Gasteiger partial charge in [-0.25, -0.2) is 9.37 Å². The van der Waals surface area contributed by atoms with Crippen molar-refractivity contribution in [2.45, 2.75) is 19.4 Å². The molecule has 1 aromatic heterocycles. The number of primary amides is 1. The lowest BCUT2D eigenvalue weighted by atomic mass is 9.96. The zero-order chi connectivity index (χ0) is 19.4. The van der Waals surface area contributed by atoms with Crippen molar-refractivity contribution in [2.75, 3.05) is 23.3 Å². The van der Waals surface area contributed by atoms with Gasteiger partial charge in [-0.1, -0.05) is 6.07 Å². The molecule has 27 heavy (non-hydrogen) atoms. The molecular formula is C18H20FN5O3. The second-order valence-corrected chi connectivity index (χ2v) is 6.42. The minimum Gasteiger partial charge on any atom is -0.375 e. The van der Waals surface area contributed by atoms with Crippen LogP contribution < -0.4 is 16.0 Å². The molecule has 9 heteroatoms. The Morgan fingerprint density at radius 3 is 2.78 bits per heavy atom. The van der Waals surface area contributed by atoms with Crippen LogP contribution in [0.3, 0.4) is 0 Å². The summed E-state index contributed by atoms with van der Waals surface area (Å²) in [6, 6.07) is 7.08. The molecule has 0 saturated carbocycles. The number of rotatable bonds is 6. The molecule has 0 spiro atoms. The molecule has 0 radical (unpaired) electrons. The van der Waals surface area contributed by atoms with Crippen molar-refractivity contribution in [1.29, 1.82) is 0 Å². The predicted molar refractivity (Wildman–Crippen MR) is 98.7 cm³/mol. The normalized spacial score (nSPS) is 14.8. The number of nitrogens with one attached hydrogen (secondary N) is 1. The zero-order valence-electron chi connectivity index (χ0n) is 14.6. The Morgan fingerprint density at radius 1 is 1.37 bits per heavy atom. The lowest BCUT2D eigenvalue weighted by molar-refractivity contribution is -0.384. The van der Waals surface area contributed by atoms with Gasteiger partial charge in [-0.2, -0.15) is 0 Å². The first-order valence-corrected chi connectivity index (χ1v) is 8.61. The third kappa shape index (κ3) is 4.30. The van der Waals surface area contributed by atoms with Gasteiger partial charge < -0.3 is 16.0 Å². The molecule has 1 saturated heterocycles. The average molecular weight is 373 g/mol. The summed E-state index contributed by atoms with van der Waals surface area (Å²) in [5.74, 6) is -0.293. The Kier molecular flexibility index (Phi) is 5.49. The fourth-order valence-corrected chi connectivity index (χ4v) is 3.22. The fourth-order valence-electron chi connectivity index (χ4n) is 3.22. The van der Waals surface area contributed by atoms with E-state index in [-0.39, 0.29) is 23.2 Å². The Bertz CT molecular complexity index is 853. The fraction of sp³-hybridized carbons (Fsp3) is 0.333. The zero-order valence-corrected chi connectivity index (χ0v) is 14.6. The van der Waals surface area contributed by atoms with Gasteiger partial charge >= 0.3 is 0 Å². The van der Waals surface area contributed by atoms with Crippen LogP contribution in [-0.2, 0) is 11.3 Å². The molecule has 1 aliphatic rings. The summed E-state index contributed by atoms with van der Waals surface area (Å²) < 4.78 is 13.3. The average Bonchev–Trinajstić information content (AvgIpc) is 2.67. The van der Waals surface area contributed by atoms with E-state index in [1.54, 1.807) is 12.3 Å². The maximum absolute atomic E-state index is 13.3. The van der Waals surface area contributed by atoms with Crippen LogP contribution in [0.4, 0.5) is 21.6 Å². The lowest BCUT2D eigenvalue weighted by Gasteiger charge is -2.32. The summed E-state index contributed by atoms with van der Waals surface area (Å²) in [6.07, 6.45) is 3.02. The molecule has 0 bridgehead atoms. The van der Waals surface area contributed by atoms with E-state index >= 15 is 0 Å². The number of nitrogens with two attached hydrogens (primary N) is 1. The van der Waals surface area contributed by atoms with E-state index in [1.165, 1.54) is 12.1 Å². The van der Waals surface area contributed by atoms with Gasteiger partial charge in [0.2, 0.25) is 5.91 Å². The molecule has 1 aliphatic heterocycles. The standard InChI is InChI=1S/C18H20FN5O3/c19-14-3-4-15(16(10-14)24(26)27)22-11-13-2-1-7-21-18(13)23-8-5-12(6-9-23)17(20)25/h1-4,7,10,12,22H,5-6,8-9,11H2,(H2,20,25). The number of nitro groups is 1. The van der Waals surface area contributed by atoms with Crippen LogP contribution in [0.2, 0.25) is 0 Å². The van der Waals surface area contributed by atoms with E-state index < -0.39 is 10.7 Å². The summed E-state index contributed by atoms with van der Waals surface area (Å²) in [5, 5.41) is 14.1. The molecule has 0 atom stereocenters. The number of benzene rings is 1. The minimum atomic E-state index is -0.661. The number of nitrogens with zero attached hydrogens (tertiary/aromatic N) is 3. The summed E-state index contributed by atoms with van der Waals surface area (Å²) in [7, 11) is 0. The van der Waals surface area contributed by atoms with Crippen molar-refractivity contribution in [2.24, 2.45) is 11.7 Å². The van der Waals surface area contributed by atoms with E-state index in [1.807, 2.05) is 6.07 Å². The van der Waals surface area contributed by atoms with Crippen molar-refractivity contribution in [3.05, 3.63) is 58.0 Å². The number of piperidine rings is 1. The van der Waals surface area contributed by atoms with E-state index in [9.17, 15) is 19.3 Å². The molecule has 2 heterocycles. The molecule has 0 unspecified atom stereocenters. The van der Waals surface area contributed by atoms with Gasteiger partial charge in [0.15, 0.2) is 0 Å². The first-order chi connectivity index (χ1) is 13.0. The van der Waals surface area contributed by atoms with Crippen LogP contribution in [0, 0.1) is 21.8 Å². The Labute approximate surface area is 155 Å². The summed E-state index contributed by atoms with van der Waals surface area (Å²) in [4.78, 5) is 28.3. The second-order valence-electron chi connectivity index (χ2n) is 6.42. The number of hydrogen-bond acceptors (Lipinski definition) is 6. The Hall–Kier alpha value is -3.23. The third-order valence-corrected chi connectivity index (χ3v) is 4.69. The quantitative estimate of drug-likeness (QED) is 0.594. The van der Waals surface area contributed by atoms with Crippen molar-refractivity contribution < 1.29 is 14.1 Å². The largest absolute Gasteiger partial charge is 0.375 e. The van der Waals surface area contributed by atoms with Crippen LogP contribution in [0.1, 0.15) is 18.4 Å². The van der Waals surface area contributed by atoms with Crippen molar-refractivity contribution in [3.63, 3.8) is 0 Å². The van der Waals surface area contributed by atoms with E-state index in [4.69, 9.17) is 5.73 Å². The topological polar surface area (TPSA) is 114 Å². The molecule has 1 amide bonds. The van der Waals surface area contributed by atoms with E-state index in [0.29, 0.717) is 32.5 Å². The summed E-state index contributed by atoms with van der Waals surface area (Å²) >= 11 is 0. The van der Waals surface area contributed by atoms with Gasteiger partial charge in [-0.05, 0) is 31.0 Å². The molecule has 1 fully saturated rings. The number of anilines is 2. The molecule has 3 N–H and O–H groups in total. The SMILES string of the molecule is NC(=O)C1CCN(c2ncccc2CNc2ccc(F)cc2[N+](=O)[O-])CC1. The molecule has 0 aliphatic carbocycles. The Morgan fingerprint density at radius 2 is 2.11 bits per heavy atom. The van der Waals surface area contributed by atoms with Crippen LogP contribution in [-0.4, -0.2) is 28.9 Å². The molecule has 142 valence electrons. The van der Waals surface area contributed by atoms with E-state index in [2.05, 4.69) is 15.2 Å². The number of aromatic nitrogens is 1. The smallest absolute Gasteiger partial charge is 0.295 e. The number of amides is 1. The van der Waals surface area contributed by atoms with Crippen molar-refractivity contribution in [1.82, 2.24) is 4.98 Å². The van der Waals surface area contributed by atoms with Crippen LogP contribution >= 0.6 is 0 Å². The van der Waals surface area contributed by atoms with Gasteiger partial charge in [-0.15, -0.1) is 0 Å². The van der Waals surface area contributed by atoms with Crippen LogP contribution in [0.5, 0.6) is 0 Å². The number of nitro benzene ring substituents is 1. The molecule has 2 aromatic rings. The number of halogens is 1. The highest BCUT2D eigenvalue weighted by Crippen LogP contribution is 2.28. The number of hydrogen-bond donors (Lipinski definition) is 2. The van der Waals surface area contributed by atoms with Crippen molar-refractivity contribution >= 4 is 23.1 Å². The predicted octanol–water partition coefficient (Wildman–Crippen LogP) is 2.44. The lowest BCUT2D eigenvalue weighted by Crippen LogP contribution is -2.39. The second kappa shape index (κ2) is 7.98. The number of carbonyl (C=O) groups is 1. The van der Waals surface area contributed by atoms with Gasteiger partial charge in [0.25, 0.3) is 5.69 Å². The minimum absolute atomic E-state index is 0.117. The van der Waals surface area contributed by atoms with E-state index in [0.717, 1.165) is 17.4 Å². The molecule has 1 aromatic carbocycles. The van der Waals surface area contributed by atoms with Crippen LogP contribution in [0.25, 0.3) is 0 Å². The highest BCUT2D eigenvalue weighted by atomic mass is 19.1. The van der Waals surface area contributed by atoms with Crippen molar-refractivity contribution in [3.8, 4) is 0 Å². The molecule has 8 nitrogen and oxygen atoms in total. The molecule has 3 rings (SSSR count). The van der Waals surface area contributed by atoms with Crippen LogP contribution in [0.15, 0.2) is 36.5 Å². The van der Waals surface area contributed by atoms with Gasteiger partial charge in [0, 0.05) is 37.3 Å². The van der Waals surface area contributed by atoms with Gasteiger partial charge in [0.05, 0.1) is 11.0 Å². The maximum atomic E-state index is 13.3. The maximum Gasteiger partial charge on any atom is 0.295 e. The summed E-state index contributed by atoms with van der Waals surface area (Å²) in [6.45, 7) is 1.62. The highest BCUT2D eigenvalue weighted by molar-refractivity contribution is 5.77. The number of pyridine rings is 1.